The summed E-state index contributed by atoms with van der Waals surface area (Å²) >= 11 is 0. The summed E-state index contributed by atoms with van der Waals surface area (Å²) in [7, 11) is 0. The molecule has 2 atom stereocenters. The number of nitrogens with zero attached hydrogens (tertiary/aromatic N) is 3. The molecule has 3 heterocycles. The number of hydrogen-bond acceptors (Lipinski definition) is 9. The zero-order valence-corrected chi connectivity index (χ0v) is 18.5. The summed E-state index contributed by atoms with van der Waals surface area (Å²) in [4.78, 5) is 34.5. The molecule has 166 valence electrons. The van der Waals surface area contributed by atoms with Gasteiger partial charge in [-0.25, -0.2) is 0 Å². The Kier molecular flexibility index (Phi) is 6.21. The lowest BCUT2D eigenvalue weighted by Crippen LogP contribution is -2.41. The predicted octanol–water partition coefficient (Wildman–Crippen LogP) is 1.71. The van der Waals surface area contributed by atoms with Crippen molar-refractivity contribution >= 4 is 23.5 Å². The van der Waals surface area contributed by atoms with Crippen LogP contribution in [0, 0.1) is 5.41 Å². The molecule has 2 saturated heterocycles. The fraction of sp³-hybridized carbons (Fsp3) is 0.714. The van der Waals surface area contributed by atoms with E-state index in [2.05, 4.69) is 20.2 Å². The summed E-state index contributed by atoms with van der Waals surface area (Å²) in [5, 5.41) is 3.35. The minimum absolute atomic E-state index is 0.0816. The predicted molar refractivity (Wildman–Crippen MR) is 113 cm³/mol. The first-order valence-electron chi connectivity index (χ1n) is 10.5. The highest BCUT2D eigenvalue weighted by atomic mass is 16.6. The van der Waals surface area contributed by atoms with Gasteiger partial charge in [0.2, 0.25) is 11.8 Å². The van der Waals surface area contributed by atoms with Gasteiger partial charge in [-0.2, -0.15) is 9.97 Å². The minimum Gasteiger partial charge on any atom is -0.466 e. The van der Waals surface area contributed by atoms with E-state index in [1.807, 2.05) is 20.8 Å². The van der Waals surface area contributed by atoms with Crippen LogP contribution in [0.2, 0.25) is 0 Å². The standard InChI is InChI=1S/C21H33N5O4/c1-13(27)14(2)29-17-10-16(24-19(22)25-17)26-8-6-21(7-9-26)11-15(23-12-21)18(28)30-20(3,4)5/h10,14-15,23H,6-9,11-12H2,1-5H3,(H2,22,24,25). The largest absolute Gasteiger partial charge is 0.466 e. The van der Waals surface area contributed by atoms with Crippen molar-refractivity contribution in [3.05, 3.63) is 6.07 Å². The first kappa shape index (κ1) is 22.3. The number of rotatable bonds is 5. The summed E-state index contributed by atoms with van der Waals surface area (Å²) in [5.74, 6) is 0.852. The van der Waals surface area contributed by atoms with Crippen molar-refractivity contribution in [1.82, 2.24) is 15.3 Å². The van der Waals surface area contributed by atoms with Gasteiger partial charge in [-0.15, -0.1) is 0 Å². The molecule has 0 amide bonds. The van der Waals surface area contributed by atoms with Crippen LogP contribution in [0.4, 0.5) is 11.8 Å². The lowest BCUT2D eigenvalue weighted by atomic mass is 9.76. The van der Waals surface area contributed by atoms with Crippen LogP contribution in [0.15, 0.2) is 6.07 Å². The number of nitrogens with one attached hydrogen (secondary N) is 1. The Bertz CT molecular complexity index is 799. The number of nitrogens with two attached hydrogens (primary N) is 1. The van der Waals surface area contributed by atoms with Gasteiger partial charge in [0.1, 0.15) is 17.5 Å². The monoisotopic (exact) mass is 419 g/mol. The molecule has 0 aliphatic carbocycles. The van der Waals surface area contributed by atoms with Crippen LogP contribution < -0.4 is 20.7 Å². The molecule has 3 N–H and O–H groups in total. The van der Waals surface area contributed by atoms with Crippen molar-refractivity contribution in [2.24, 2.45) is 5.41 Å². The molecule has 2 aliphatic heterocycles. The average molecular weight is 420 g/mol. The Morgan fingerprint density at radius 3 is 2.57 bits per heavy atom. The Morgan fingerprint density at radius 2 is 1.97 bits per heavy atom. The van der Waals surface area contributed by atoms with E-state index < -0.39 is 11.7 Å². The highest BCUT2D eigenvalue weighted by Crippen LogP contribution is 2.40. The number of piperidine rings is 1. The van der Waals surface area contributed by atoms with Gasteiger partial charge in [0.25, 0.3) is 0 Å². The molecule has 2 fully saturated rings. The van der Waals surface area contributed by atoms with E-state index in [-0.39, 0.29) is 29.2 Å². The summed E-state index contributed by atoms with van der Waals surface area (Å²) < 4.78 is 11.1. The Balaban J connectivity index is 1.61. The second kappa shape index (κ2) is 8.37. The average Bonchev–Trinajstić information content (AvgIpc) is 3.04. The Hall–Kier alpha value is -2.42. The molecule has 3 rings (SSSR count). The Morgan fingerprint density at radius 1 is 1.30 bits per heavy atom. The first-order chi connectivity index (χ1) is 14.0. The number of Topliss-reactive ketones (excluding diaryl/α,β-unsaturated/α-hetero) is 1. The van der Waals surface area contributed by atoms with Gasteiger partial charge in [0.05, 0.1) is 0 Å². The molecule has 9 nitrogen and oxygen atoms in total. The van der Waals surface area contributed by atoms with Crippen LogP contribution in [0.1, 0.15) is 53.9 Å². The zero-order valence-electron chi connectivity index (χ0n) is 18.5. The molecule has 2 aliphatic rings. The molecular formula is C21H33N5O4. The minimum atomic E-state index is -0.592. The third kappa shape index (κ3) is 5.38. The number of esters is 1. The molecule has 0 radical (unpaired) electrons. The quantitative estimate of drug-likeness (QED) is 0.687. The van der Waals surface area contributed by atoms with Crippen LogP contribution in [0.5, 0.6) is 5.88 Å². The van der Waals surface area contributed by atoms with Gasteiger partial charge < -0.3 is 25.4 Å². The number of carbonyl (C=O) groups excluding carboxylic acids is 2. The number of nitrogen functional groups attached to an aromatic ring is 1. The number of hydrogen-bond donors (Lipinski definition) is 2. The summed E-state index contributed by atoms with van der Waals surface area (Å²) in [6.45, 7) is 11.2. The lowest BCUT2D eigenvalue weighted by molar-refractivity contribution is -0.157. The van der Waals surface area contributed by atoms with Gasteiger partial charge in [-0.05, 0) is 59.3 Å². The van der Waals surface area contributed by atoms with Crippen LogP contribution in [0.3, 0.4) is 0 Å². The normalized spacial score (nSPS) is 22.0. The van der Waals surface area contributed by atoms with Gasteiger partial charge in [-0.1, -0.05) is 0 Å². The SMILES string of the molecule is CC(=O)C(C)Oc1cc(N2CCC3(CC2)CNC(C(=O)OC(C)(C)C)C3)nc(N)n1. The highest BCUT2D eigenvalue weighted by molar-refractivity contribution is 5.80. The molecule has 1 aromatic heterocycles. The topological polar surface area (TPSA) is 120 Å². The molecule has 0 bridgehead atoms. The number of carbonyl (C=O) groups is 2. The first-order valence-corrected chi connectivity index (χ1v) is 10.5. The van der Waals surface area contributed by atoms with Crippen molar-refractivity contribution < 1.29 is 19.1 Å². The number of ketones is 1. The van der Waals surface area contributed by atoms with E-state index in [9.17, 15) is 9.59 Å². The molecule has 0 aromatic carbocycles. The van der Waals surface area contributed by atoms with Crippen molar-refractivity contribution in [2.45, 2.75) is 71.6 Å². The maximum Gasteiger partial charge on any atom is 0.323 e. The summed E-state index contributed by atoms with van der Waals surface area (Å²) in [5.41, 5.74) is 5.46. The van der Waals surface area contributed by atoms with E-state index >= 15 is 0 Å². The van der Waals surface area contributed by atoms with Gasteiger partial charge in [-0.3, -0.25) is 9.59 Å². The van der Waals surface area contributed by atoms with Gasteiger partial charge in [0.15, 0.2) is 11.9 Å². The van der Waals surface area contributed by atoms with Crippen molar-refractivity contribution in [3.63, 3.8) is 0 Å². The van der Waals surface area contributed by atoms with Crippen LogP contribution >= 0.6 is 0 Å². The number of aromatic nitrogens is 2. The second-order valence-electron chi connectivity index (χ2n) is 9.45. The van der Waals surface area contributed by atoms with Crippen molar-refractivity contribution in [1.29, 1.82) is 0 Å². The molecule has 1 aromatic rings. The van der Waals surface area contributed by atoms with Gasteiger partial charge in [0, 0.05) is 25.7 Å². The third-order valence-electron chi connectivity index (χ3n) is 5.78. The molecule has 0 saturated carbocycles. The molecule has 1 spiro atoms. The fourth-order valence-corrected chi connectivity index (χ4v) is 3.96. The van der Waals surface area contributed by atoms with E-state index in [4.69, 9.17) is 15.2 Å². The molecule has 9 heteroatoms. The van der Waals surface area contributed by atoms with Gasteiger partial charge >= 0.3 is 5.97 Å². The molecular weight excluding hydrogens is 386 g/mol. The third-order valence-corrected chi connectivity index (χ3v) is 5.78. The summed E-state index contributed by atoms with van der Waals surface area (Å²) in [6, 6.07) is 1.48. The van der Waals surface area contributed by atoms with Crippen LogP contribution in [0.25, 0.3) is 0 Å². The zero-order chi connectivity index (χ0) is 22.1. The maximum absolute atomic E-state index is 12.4. The second-order valence-corrected chi connectivity index (χ2v) is 9.45. The number of ether oxygens (including phenoxy) is 2. The van der Waals surface area contributed by atoms with E-state index in [0.717, 1.165) is 38.9 Å². The van der Waals surface area contributed by atoms with E-state index in [1.165, 1.54) is 6.92 Å². The highest BCUT2D eigenvalue weighted by Gasteiger charge is 2.44. The van der Waals surface area contributed by atoms with E-state index in [0.29, 0.717) is 11.7 Å². The summed E-state index contributed by atoms with van der Waals surface area (Å²) in [6.07, 6.45) is 2.06. The lowest BCUT2D eigenvalue weighted by Gasteiger charge is -2.39. The van der Waals surface area contributed by atoms with Crippen molar-refractivity contribution in [3.8, 4) is 5.88 Å². The fourth-order valence-electron chi connectivity index (χ4n) is 3.96. The smallest absolute Gasteiger partial charge is 0.323 e. The molecule has 30 heavy (non-hydrogen) atoms. The number of anilines is 2. The van der Waals surface area contributed by atoms with Crippen molar-refractivity contribution in [2.75, 3.05) is 30.3 Å². The van der Waals surface area contributed by atoms with E-state index in [1.54, 1.807) is 13.0 Å². The van der Waals surface area contributed by atoms with Crippen LogP contribution in [-0.2, 0) is 14.3 Å². The maximum atomic E-state index is 12.4. The molecule has 2 unspecified atom stereocenters. The Labute approximate surface area is 177 Å². The van der Waals surface area contributed by atoms with Crippen LogP contribution in [-0.4, -0.2) is 59.1 Å².